The number of hydrogen-bond acceptors (Lipinski definition) is 4. The van der Waals surface area contributed by atoms with Crippen molar-refractivity contribution in [1.29, 1.82) is 0 Å². The van der Waals surface area contributed by atoms with Gasteiger partial charge in [-0.2, -0.15) is 0 Å². The van der Waals surface area contributed by atoms with E-state index in [1.807, 2.05) is 33.1 Å². The van der Waals surface area contributed by atoms with Crippen molar-refractivity contribution < 1.29 is 17.7 Å². The van der Waals surface area contributed by atoms with Crippen LogP contribution in [0.5, 0.6) is 0 Å². The first kappa shape index (κ1) is 14.3. The average Bonchev–Trinajstić information content (AvgIpc) is 1.98. The molecular formula is C8H22O4Si2. The Bertz CT molecular complexity index is 161. The van der Waals surface area contributed by atoms with E-state index < -0.39 is 17.1 Å². The zero-order valence-electron chi connectivity index (χ0n) is 10.0. The molecule has 0 heterocycles. The van der Waals surface area contributed by atoms with Gasteiger partial charge in [0.25, 0.3) is 0 Å². The van der Waals surface area contributed by atoms with Crippen molar-refractivity contribution in [3.05, 3.63) is 0 Å². The quantitative estimate of drug-likeness (QED) is 0.502. The average molecular weight is 238 g/mol. The molecule has 4 nitrogen and oxygen atoms in total. The molecule has 0 radical (unpaired) electrons. The van der Waals surface area contributed by atoms with Gasteiger partial charge in [-0.1, -0.05) is 0 Å². The van der Waals surface area contributed by atoms with Crippen LogP contribution >= 0.6 is 0 Å². The SMILES string of the molecule is CCO[Si](C)(C)O[Si](C)(C)OCOC. The molecule has 0 aromatic rings. The monoisotopic (exact) mass is 238 g/mol. The van der Waals surface area contributed by atoms with Crippen molar-refractivity contribution in [3.8, 4) is 0 Å². The maximum Gasteiger partial charge on any atom is 0.324 e. The minimum Gasteiger partial charge on any atom is -0.415 e. The Hall–Kier alpha value is 0.274. The summed E-state index contributed by atoms with van der Waals surface area (Å²) in [5.41, 5.74) is 0. The van der Waals surface area contributed by atoms with E-state index in [1.54, 1.807) is 7.11 Å². The van der Waals surface area contributed by atoms with E-state index in [1.165, 1.54) is 0 Å². The van der Waals surface area contributed by atoms with Gasteiger partial charge in [-0.25, -0.2) is 0 Å². The van der Waals surface area contributed by atoms with Crippen LogP contribution in [0.25, 0.3) is 0 Å². The molecule has 0 fully saturated rings. The summed E-state index contributed by atoms with van der Waals surface area (Å²) in [5, 5.41) is 0. The third-order valence-corrected chi connectivity index (χ3v) is 7.24. The largest absolute Gasteiger partial charge is 0.415 e. The fourth-order valence-corrected chi connectivity index (χ4v) is 7.50. The van der Waals surface area contributed by atoms with Gasteiger partial charge in [-0.15, -0.1) is 0 Å². The van der Waals surface area contributed by atoms with Crippen LogP contribution in [0.1, 0.15) is 6.92 Å². The molecule has 0 aromatic carbocycles. The van der Waals surface area contributed by atoms with Gasteiger partial charge in [0.1, 0.15) is 6.79 Å². The van der Waals surface area contributed by atoms with E-state index in [9.17, 15) is 0 Å². The molecule has 0 N–H and O–H groups in total. The zero-order valence-corrected chi connectivity index (χ0v) is 12.0. The second-order valence-electron chi connectivity index (χ2n) is 3.89. The maximum absolute atomic E-state index is 5.92. The van der Waals surface area contributed by atoms with Crippen LogP contribution in [0.4, 0.5) is 0 Å². The smallest absolute Gasteiger partial charge is 0.324 e. The Morgan fingerprint density at radius 1 is 0.929 bits per heavy atom. The molecule has 0 saturated heterocycles. The summed E-state index contributed by atoms with van der Waals surface area (Å²) < 4.78 is 21.9. The number of hydrogen-bond donors (Lipinski definition) is 0. The molecule has 6 heteroatoms. The fourth-order valence-electron chi connectivity index (χ4n) is 1.20. The molecule has 0 spiro atoms. The standard InChI is InChI=1S/C8H22O4Si2/c1-7-10-13(3,4)12-14(5,6)11-8-9-2/h7-8H2,1-6H3. The van der Waals surface area contributed by atoms with Crippen LogP contribution < -0.4 is 0 Å². The molecule has 14 heavy (non-hydrogen) atoms. The summed E-state index contributed by atoms with van der Waals surface area (Å²) in [4.78, 5) is 0. The van der Waals surface area contributed by atoms with Gasteiger partial charge in [-0.05, 0) is 33.1 Å². The van der Waals surface area contributed by atoms with Crippen molar-refractivity contribution in [1.82, 2.24) is 0 Å². The van der Waals surface area contributed by atoms with Crippen molar-refractivity contribution in [2.75, 3.05) is 20.5 Å². The Kier molecular flexibility index (Phi) is 6.11. The highest BCUT2D eigenvalue weighted by Gasteiger charge is 2.36. The van der Waals surface area contributed by atoms with E-state index in [0.717, 1.165) is 0 Å². The van der Waals surface area contributed by atoms with Crippen molar-refractivity contribution in [2.45, 2.75) is 33.1 Å². The van der Waals surface area contributed by atoms with Crippen LogP contribution in [0.15, 0.2) is 0 Å². The first-order chi connectivity index (χ1) is 6.33. The zero-order chi connectivity index (χ0) is 11.2. The van der Waals surface area contributed by atoms with Gasteiger partial charge >= 0.3 is 17.1 Å². The van der Waals surface area contributed by atoms with Gasteiger partial charge in [0, 0.05) is 13.7 Å². The van der Waals surface area contributed by atoms with E-state index in [4.69, 9.17) is 17.7 Å². The van der Waals surface area contributed by atoms with Crippen molar-refractivity contribution in [3.63, 3.8) is 0 Å². The molecule has 0 rings (SSSR count). The van der Waals surface area contributed by atoms with Crippen LogP contribution in [0, 0.1) is 0 Å². The van der Waals surface area contributed by atoms with E-state index >= 15 is 0 Å². The van der Waals surface area contributed by atoms with Crippen molar-refractivity contribution >= 4 is 17.1 Å². The molecule has 0 aliphatic rings. The van der Waals surface area contributed by atoms with Gasteiger partial charge in [0.2, 0.25) is 0 Å². The summed E-state index contributed by atoms with van der Waals surface area (Å²) in [6.45, 7) is 11.0. The predicted octanol–water partition coefficient (Wildman–Crippen LogP) is 2.06. The molecule has 0 saturated carbocycles. The van der Waals surface area contributed by atoms with Crippen LogP contribution in [0.2, 0.25) is 26.2 Å². The molecule has 0 aliphatic carbocycles. The molecule has 0 bridgehead atoms. The molecule has 0 atom stereocenters. The predicted molar refractivity (Wildman–Crippen MR) is 60.6 cm³/mol. The van der Waals surface area contributed by atoms with Gasteiger partial charge in [-0.3, -0.25) is 0 Å². The Morgan fingerprint density at radius 3 is 1.86 bits per heavy atom. The molecule has 0 aromatic heterocycles. The second kappa shape index (κ2) is 5.99. The summed E-state index contributed by atoms with van der Waals surface area (Å²) in [6.07, 6.45) is 0. The highest BCUT2D eigenvalue weighted by Crippen LogP contribution is 2.16. The van der Waals surface area contributed by atoms with Crippen LogP contribution in [-0.4, -0.2) is 37.6 Å². The first-order valence-electron chi connectivity index (χ1n) is 4.80. The number of ether oxygens (including phenoxy) is 1. The summed E-state index contributed by atoms with van der Waals surface area (Å²) in [6, 6.07) is 0. The van der Waals surface area contributed by atoms with E-state index in [-0.39, 0.29) is 6.79 Å². The lowest BCUT2D eigenvalue weighted by molar-refractivity contribution is 0.0291. The molecule has 0 unspecified atom stereocenters. The topological polar surface area (TPSA) is 36.9 Å². The van der Waals surface area contributed by atoms with Gasteiger partial charge in [0.05, 0.1) is 0 Å². The highest BCUT2D eigenvalue weighted by atomic mass is 28.5. The molecular weight excluding hydrogens is 216 g/mol. The van der Waals surface area contributed by atoms with Crippen LogP contribution in [0.3, 0.4) is 0 Å². The van der Waals surface area contributed by atoms with E-state index in [0.29, 0.717) is 6.61 Å². The normalized spacial score (nSPS) is 13.3. The fraction of sp³-hybridized carbons (Fsp3) is 1.00. The van der Waals surface area contributed by atoms with Gasteiger partial charge < -0.3 is 17.7 Å². The Balaban J connectivity index is 4.05. The molecule has 0 aliphatic heterocycles. The minimum atomic E-state index is -2.09. The summed E-state index contributed by atoms with van der Waals surface area (Å²) >= 11 is 0. The van der Waals surface area contributed by atoms with Gasteiger partial charge in [0.15, 0.2) is 0 Å². The Morgan fingerprint density at radius 2 is 1.43 bits per heavy atom. The molecule has 86 valence electrons. The lowest BCUT2D eigenvalue weighted by Crippen LogP contribution is -2.48. The summed E-state index contributed by atoms with van der Waals surface area (Å²) in [5.74, 6) is 0. The maximum atomic E-state index is 5.92. The minimum absolute atomic E-state index is 0.288. The highest BCUT2D eigenvalue weighted by molar-refractivity contribution is 6.78. The third-order valence-electron chi connectivity index (χ3n) is 1.51. The lowest BCUT2D eigenvalue weighted by atomic mass is 10.9. The van der Waals surface area contributed by atoms with E-state index in [2.05, 4.69) is 0 Å². The molecule has 0 amide bonds. The second-order valence-corrected chi connectivity index (χ2v) is 10.9. The number of rotatable bonds is 7. The third kappa shape index (κ3) is 6.69. The lowest BCUT2D eigenvalue weighted by Gasteiger charge is -2.31. The Labute approximate surface area is 89.0 Å². The van der Waals surface area contributed by atoms with Crippen molar-refractivity contribution in [2.24, 2.45) is 0 Å². The first-order valence-corrected chi connectivity index (χ1v) is 10.4. The summed E-state index contributed by atoms with van der Waals surface area (Å²) in [7, 11) is -2.49. The van der Waals surface area contributed by atoms with Crippen LogP contribution in [-0.2, 0) is 17.7 Å². The number of methoxy groups -OCH3 is 1.